The van der Waals surface area contributed by atoms with Crippen LogP contribution in [0.1, 0.15) is 42.9 Å². The van der Waals surface area contributed by atoms with E-state index in [1.165, 1.54) is 24.1 Å². The Morgan fingerprint density at radius 3 is 2.41 bits per heavy atom. The highest BCUT2D eigenvalue weighted by Crippen LogP contribution is 2.43. The molecular weight excluding hydrogens is 552 g/mol. The maximum atomic E-state index is 14.6. The van der Waals surface area contributed by atoms with Crippen LogP contribution >= 0.6 is 0 Å². The van der Waals surface area contributed by atoms with Crippen LogP contribution in [0.25, 0.3) is 11.1 Å². The Bertz CT molecular complexity index is 1460. The molecule has 1 aliphatic rings. The van der Waals surface area contributed by atoms with E-state index in [0.29, 0.717) is 29.8 Å². The second-order valence-corrected chi connectivity index (χ2v) is 9.71. The van der Waals surface area contributed by atoms with Crippen molar-refractivity contribution in [1.82, 2.24) is 0 Å². The third-order valence-electron chi connectivity index (χ3n) is 6.88. The average Bonchev–Trinajstić information content (AvgIpc) is 2.91. The number of benzene rings is 3. The van der Waals surface area contributed by atoms with Crippen LogP contribution in [0, 0.1) is 23.4 Å². The topological polar surface area (TPSA) is 55.8 Å². The van der Waals surface area contributed by atoms with Crippen molar-refractivity contribution < 1.29 is 45.4 Å². The Hall–Kier alpha value is -4.02. The van der Waals surface area contributed by atoms with E-state index in [4.69, 9.17) is 9.47 Å². The molecule has 0 aromatic heterocycles. The number of esters is 1. The van der Waals surface area contributed by atoms with E-state index in [2.05, 4.69) is 0 Å². The number of unbranched alkanes of at least 4 members (excludes halogenated alkanes) is 1. The molecule has 0 bridgehead atoms. The van der Waals surface area contributed by atoms with Gasteiger partial charge >= 0.3 is 12.1 Å². The number of rotatable bonds is 9. The molecule has 0 saturated carbocycles. The molecule has 0 spiro atoms. The van der Waals surface area contributed by atoms with Gasteiger partial charge in [0.15, 0.2) is 0 Å². The second-order valence-electron chi connectivity index (χ2n) is 9.71. The van der Waals surface area contributed by atoms with Crippen LogP contribution in [0.4, 0.5) is 32.0 Å². The highest BCUT2D eigenvalue weighted by Gasteiger charge is 2.37. The Kier molecular flexibility index (Phi) is 8.94. The maximum absolute atomic E-state index is 14.6. The van der Waals surface area contributed by atoms with Gasteiger partial charge in [0.25, 0.3) is 0 Å². The number of ether oxygens (including phenoxy) is 2. The molecule has 4 rings (SSSR count). The smallest absolute Gasteiger partial charge is 0.419 e. The van der Waals surface area contributed by atoms with Crippen molar-refractivity contribution in [2.45, 2.75) is 45.3 Å². The number of alkyl halides is 3. The van der Waals surface area contributed by atoms with Gasteiger partial charge in [-0.25, -0.2) is 13.2 Å². The summed E-state index contributed by atoms with van der Waals surface area (Å²) < 4.78 is 92.6. The summed E-state index contributed by atoms with van der Waals surface area (Å²) in [5.41, 5.74) is -0.247. The highest BCUT2D eigenvalue weighted by molar-refractivity contribution is 6.00. The molecule has 0 saturated heterocycles. The van der Waals surface area contributed by atoms with Gasteiger partial charge in [-0.2, -0.15) is 13.2 Å². The molecule has 11 heteroatoms. The zero-order valence-electron chi connectivity index (χ0n) is 22.3. The fraction of sp³-hybridized carbons (Fsp3) is 0.333. The summed E-state index contributed by atoms with van der Waals surface area (Å²) in [4.78, 5) is 27.3. The van der Waals surface area contributed by atoms with Gasteiger partial charge in [0, 0.05) is 23.3 Å². The molecule has 1 heterocycles. The zero-order chi connectivity index (χ0) is 29.9. The van der Waals surface area contributed by atoms with E-state index < -0.39 is 47.0 Å². The Morgan fingerprint density at radius 1 is 1.02 bits per heavy atom. The van der Waals surface area contributed by atoms with Crippen LogP contribution in [0.15, 0.2) is 48.5 Å². The number of hydrogen-bond donors (Lipinski definition) is 0. The van der Waals surface area contributed by atoms with Crippen LogP contribution in [0.3, 0.4) is 0 Å². The predicted octanol–water partition coefficient (Wildman–Crippen LogP) is 7.24. The number of carbonyl (C=O) groups excluding carboxylic acids is 2. The number of amides is 1. The molecule has 1 aliphatic heterocycles. The van der Waals surface area contributed by atoms with Gasteiger partial charge in [0.05, 0.1) is 43.9 Å². The fourth-order valence-electron chi connectivity index (χ4n) is 4.76. The van der Waals surface area contributed by atoms with Gasteiger partial charge in [-0.3, -0.25) is 9.59 Å². The van der Waals surface area contributed by atoms with Crippen LogP contribution in [0.5, 0.6) is 5.75 Å². The summed E-state index contributed by atoms with van der Waals surface area (Å²) >= 11 is 0. The first-order valence-electron chi connectivity index (χ1n) is 12.9. The van der Waals surface area contributed by atoms with E-state index >= 15 is 0 Å². The third kappa shape index (κ3) is 6.66. The quantitative estimate of drug-likeness (QED) is 0.152. The van der Waals surface area contributed by atoms with Gasteiger partial charge in [-0.05, 0) is 48.2 Å². The highest BCUT2D eigenvalue weighted by atomic mass is 19.4. The Balaban J connectivity index is 1.77. The predicted molar refractivity (Wildman–Crippen MR) is 139 cm³/mol. The molecule has 1 amide bonds. The summed E-state index contributed by atoms with van der Waals surface area (Å²) in [6, 6.07) is 8.44. The minimum absolute atomic E-state index is 0.0183. The largest absolute Gasteiger partial charge is 0.496 e. The van der Waals surface area contributed by atoms with E-state index in [9.17, 15) is 35.9 Å². The van der Waals surface area contributed by atoms with Gasteiger partial charge in [0.1, 0.15) is 23.2 Å². The molecule has 5 nitrogen and oxygen atoms in total. The molecule has 3 aromatic carbocycles. The molecule has 0 aliphatic carbocycles. The molecule has 0 radical (unpaired) electrons. The molecule has 41 heavy (non-hydrogen) atoms. The van der Waals surface area contributed by atoms with E-state index in [0.717, 1.165) is 24.6 Å². The summed E-state index contributed by atoms with van der Waals surface area (Å²) in [5, 5.41) is 0. The number of nitrogens with zero attached hydrogens (tertiary/aromatic N) is 1. The number of fused-ring (bicyclic) bond motifs is 1. The lowest BCUT2D eigenvalue weighted by molar-refractivity contribution is -0.146. The summed E-state index contributed by atoms with van der Waals surface area (Å²) in [6.45, 7) is 1.82. The van der Waals surface area contributed by atoms with Gasteiger partial charge in [-0.1, -0.05) is 25.5 Å². The first kappa shape index (κ1) is 30.0. The summed E-state index contributed by atoms with van der Waals surface area (Å²) in [7, 11) is 1.30. The van der Waals surface area contributed by atoms with Crippen LogP contribution < -0.4 is 9.64 Å². The lowest BCUT2D eigenvalue weighted by Gasteiger charge is -2.35. The third-order valence-corrected chi connectivity index (χ3v) is 6.88. The maximum Gasteiger partial charge on any atom is 0.419 e. The molecule has 1 unspecified atom stereocenters. The van der Waals surface area contributed by atoms with Crippen LogP contribution in [-0.2, 0) is 33.5 Å². The SMILES string of the molecule is CCCCOC(=O)CC1Cc2cc(-c3ccc(C(F)(F)F)c(F)c3)c(OC)cc2N(Cc2ccc(F)cc2F)C1=O. The normalized spacial score (nSPS) is 15.1. The number of carbonyl (C=O) groups is 2. The molecular formula is C30H27F6NO4. The first-order valence-corrected chi connectivity index (χ1v) is 12.9. The molecule has 1 atom stereocenters. The van der Waals surface area contributed by atoms with E-state index in [-0.39, 0.29) is 48.4 Å². The number of anilines is 1. The second kappa shape index (κ2) is 12.2. The standard InChI is InChI=1S/C30H27F6NO4/c1-3-4-9-41-28(38)13-20-10-19-11-22(17-6-8-23(25(33)12-17)30(34,35)36)27(40-2)15-26(19)37(29(20)39)16-18-5-7-21(31)14-24(18)32/h5-8,11-12,14-15,20H,3-4,9-10,13,16H2,1-2H3. The molecule has 0 fully saturated rings. The monoisotopic (exact) mass is 579 g/mol. The van der Waals surface area contributed by atoms with Crippen LogP contribution in [0.2, 0.25) is 0 Å². The van der Waals surface area contributed by atoms with E-state index in [1.54, 1.807) is 6.07 Å². The minimum Gasteiger partial charge on any atom is -0.496 e. The van der Waals surface area contributed by atoms with Crippen molar-refractivity contribution in [1.29, 1.82) is 0 Å². The molecule has 0 N–H and O–H groups in total. The molecule has 3 aromatic rings. The fourth-order valence-corrected chi connectivity index (χ4v) is 4.76. The van der Waals surface area contributed by atoms with Crippen molar-refractivity contribution in [3.8, 4) is 16.9 Å². The number of halogens is 6. The first-order chi connectivity index (χ1) is 19.4. The lowest BCUT2D eigenvalue weighted by Crippen LogP contribution is -2.42. The van der Waals surface area contributed by atoms with Crippen LogP contribution in [-0.4, -0.2) is 25.6 Å². The van der Waals surface area contributed by atoms with Crippen molar-refractivity contribution in [2.75, 3.05) is 18.6 Å². The van der Waals surface area contributed by atoms with Crippen molar-refractivity contribution in [3.63, 3.8) is 0 Å². The Labute approximate surface area is 232 Å². The number of methoxy groups -OCH3 is 1. The van der Waals surface area contributed by atoms with E-state index in [1.807, 2.05) is 6.92 Å². The van der Waals surface area contributed by atoms with Gasteiger partial charge in [-0.15, -0.1) is 0 Å². The average molecular weight is 580 g/mol. The molecule has 218 valence electrons. The summed E-state index contributed by atoms with van der Waals surface area (Å²) in [5.74, 6) is -4.99. The van der Waals surface area contributed by atoms with Crippen molar-refractivity contribution >= 4 is 17.6 Å². The minimum atomic E-state index is -4.88. The van der Waals surface area contributed by atoms with Crippen molar-refractivity contribution in [2.24, 2.45) is 5.92 Å². The summed E-state index contributed by atoms with van der Waals surface area (Å²) in [6.07, 6.45) is -3.64. The Morgan fingerprint density at radius 2 is 1.78 bits per heavy atom. The number of hydrogen-bond acceptors (Lipinski definition) is 4. The van der Waals surface area contributed by atoms with Gasteiger partial charge in [0.2, 0.25) is 5.91 Å². The lowest BCUT2D eigenvalue weighted by atomic mass is 9.86. The van der Waals surface area contributed by atoms with Gasteiger partial charge < -0.3 is 14.4 Å². The van der Waals surface area contributed by atoms with Crippen molar-refractivity contribution in [3.05, 3.63) is 82.7 Å². The zero-order valence-corrected chi connectivity index (χ0v) is 22.3.